The Morgan fingerprint density at radius 2 is 2.10 bits per heavy atom. The van der Waals surface area contributed by atoms with E-state index in [1.165, 1.54) is 6.07 Å². The quantitative estimate of drug-likeness (QED) is 0.628. The lowest BCUT2D eigenvalue weighted by atomic mass is 9.92. The van der Waals surface area contributed by atoms with Crippen molar-refractivity contribution in [2.24, 2.45) is 17.4 Å². The highest BCUT2D eigenvalue weighted by Gasteiger charge is 2.25. The van der Waals surface area contributed by atoms with E-state index in [1.807, 2.05) is 25.1 Å². The summed E-state index contributed by atoms with van der Waals surface area (Å²) >= 11 is 0. The predicted octanol–water partition coefficient (Wildman–Crippen LogP) is 3.35. The second-order valence-electron chi connectivity index (χ2n) is 7.67. The van der Waals surface area contributed by atoms with Crippen LogP contribution in [0.5, 0.6) is 0 Å². The van der Waals surface area contributed by atoms with E-state index in [-0.39, 0.29) is 23.5 Å². The average Bonchev–Trinajstić information content (AvgIpc) is 3.35. The van der Waals surface area contributed by atoms with Crippen molar-refractivity contribution >= 4 is 23.2 Å². The summed E-state index contributed by atoms with van der Waals surface area (Å²) in [7, 11) is 0. The molecule has 1 heterocycles. The van der Waals surface area contributed by atoms with Gasteiger partial charge in [0.25, 0.3) is 0 Å². The molecule has 5 nitrogen and oxygen atoms in total. The Balaban J connectivity index is 1.86. The Kier molecular flexibility index (Phi) is 5.11. The molecule has 1 aliphatic heterocycles. The van der Waals surface area contributed by atoms with Crippen LogP contribution in [0.4, 0.5) is 10.1 Å². The van der Waals surface area contributed by atoms with Gasteiger partial charge in [0.05, 0.1) is 11.7 Å². The molecule has 4 rings (SSSR count). The molecule has 1 fully saturated rings. The van der Waals surface area contributed by atoms with Crippen LogP contribution in [0.1, 0.15) is 29.5 Å². The Labute approximate surface area is 169 Å². The van der Waals surface area contributed by atoms with E-state index in [9.17, 15) is 9.18 Å². The van der Waals surface area contributed by atoms with Gasteiger partial charge < -0.3 is 22.1 Å². The molecule has 1 atom stereocenters. The Morgan fingerprint density at radius 1 is 1.31 bits per heavy atom. The molecule has 29 heavy (non-hydrogen) atoms. The molecule has 150 valence electrons. The van der Waals surface area contributed by atoms with E-state index in [1.54, 1.807) is 12.1 Å². The van der Waals surface area contributed by atoms with E-state index in [0.29, 0.717) is 17.8 Å². The second kappa shape index (κ2) is 7.72. The van der Waals surface area contributed by atoms with Gasteiger partial charge in [-0.05, 0) is 72.8 Å². The molecular weight excluding hydrogens is 367 g/mol. The summed E-state index contributed by atoms with van der Waals surface area (Å²) in [6, 6.07) is 8.79. The van der Waals surface area contributed by atoms with Gasteiger partial charge >= 0.3 is 0 Å². The van der Waals surface area contributed by atoms with Gasteiger partial charge in [-0.25, -0.2) is 4.39 Å². The maximum Gasteiger partial charge on any atom is 0.228 e. The number of benzene rings is 2. The van der Waals surface area contributed by atoms with Crippen molar-refractivity contribution in [3.63, 3.8) is 0 Å². The van der Waals surface area contributed by atoms with Crippen molar-refractivity contribution in [2.75, 3.05) is 18.4 Å². The third-order valence-corrected chi connectivity index (χ3v) is 5.44. The monoisotopic (exact) mass is 392 g/mol. The Bertz CT molecular complexity index is 1010. The van der Waals surface area contributed by atoms with Crippen molar-refractivity contribution in [3.05, 3.63) is 64.7 Å². The number of anilines is 1. The van der Waals surface area contributed by atoms with Gasteiger partial charge in [-0.3, -0.25) is 4.79 Å². The van der Waals surface area contributed by atoms with Crippen LogP contribution < -0.4 is 22.1 Å². The third kappa shape index (κ3) is 4.03. The molecule has 2 aromatic rings. The molecule has 0 aromatic heterocycles. The van der Waals surface area contributed by atoms with E-state index in [0.717, 1.165) is 47.2 Å². The molecule has 1 saturated heterocycles. The molecule has 6 N–H and O–H groups in total. The van der Waals surface area contributed by atoms with Gasteiger partial charge in [-0.2, -0.15) is 0 Å². The van der Waals surface area contributed by atoms with Gasteiger partial charge in [0, 0.05) is 23.4 Å². The van der Waals surface area contributed by atoms with Crippen LogP contribution >= 0.6 is 0 Å². The number of hydrogen-bond acceptors (Lipinski definition) is 4. The average molecular weight is 392 g/mol. The zero-order valence-electron chi connectivity index (χ0n) is 16.4. The highest BCUT2D eigenvalue weighted by atomic mass is 19.1. The molecule has 0 radical (unpaired) electrons. The summed E-state index contributed by atoms with van der Waals surface area (Å²) in [6.45, 7) is 3.36. The molecule has 1 unspecified atom stereocenters. The minimum atomic E-state index is -0.292. The summed E-state index contributed by atoms with van der Waals surface area (Å²) in [5.74, 6) is -0.289. The number of carbonyl (C=O) groups excluding carboxylic acids is 1. The van der Waals surface area contributed by atoms with Crippen LogP contribution in [0.15, 0.2) is 42.2 Å². The van der Waals surface area contributed by atoms with Crippen molar-refractivity contribution in [1.29, 1.82) is 0 Å². The Morgan fingerprint density at radius 3 is 2.72 bits per heavy atom. The zero-order valence-corrected chi connectivity index (χ0v) is 16.4. The van der Waals surface area contributed by atoms with Crippen molar-refractivity contribution < 1.29 is 9.18 Å². The van der Waals surface area contributed by atoms with E-state index < -0.39 is 0 Å². The maximum absolute atomic E-state index is 14.7. The highest BCUT2D eigenvalue weighted by Crippen LogP contribution is 2.41. The van der Waals surface area contributed by atoms with Crippen molar-refractivity contribution in [2.45, 2.75) is 19.8 Å². The predicted molar refractivity (Wildman–Crippen MR) is 115 cm³/mol. The molecule has 0 spiro atoms. The Hall–Kier alpha value is -3.12. The molecule has 0 saturated carbocycles. The molecule has 6 heteroatoms. The second-order valence-corrected chi connectivity index (χ2v) is 7.67. The SMILES string of the molecule is Cc1cccc(F)c1-c1cc(NC(=O)C2CCNC2)c(C=C(N)N)c(C2=CC2)c1. The molecule has 1 amide bonds. The first-order valence-electron chi connectivity index (χ1n) is 9.81. The third-order valence-electron chi connectivity index (χ3n) is 5.44. The number of carbonyl (C=O) groups is 1. The summed E-state index contributed by atoms with van der Waals surface area (Å²) < 4.78 is 14.7. The van der Waals surface area contributed by atoms with Crippen LogP contribution in [-0.2, 0) is 4.79 Å². The van der Waals surface area contributed by atoms with Gasteiger partial charge in [-0.15, -0.1) is 0 Å². The fourth-order valence-electron chi connectivity index (χ4n) is 3.87. The minimum absolute atomic E-state index is 0.0571. The largest absolute Gasteiger partial charge is 0.386 e. The number of amides is 1. The lowest BCUT2D eigenvalue weighted by molar-refractivity contribution is -0.119. The number of hydrogen-bond donors (Lipinski definition) is 4. The fourth-order valence-corrected chi connectivity index (χ4v) is 3.87. The number of allylic oxidation sites excluding steroid dienone is 2. The maximum atomic E-state index is 14.7. The molecule has 1 aliphatic carbocycles. The molecule has 2 aliphatic rings. The summed E-state index contributed by atoms with van der Waals surface area (Å²) in [5, 5.41) is 6.25. The first kappa shape index (κ1) is 19.2. The molecule has 2 aromatic carbocycles. The number of halogens is 1. The first-order valence-corrected chi connectivity index (χ1v) is 9.81. The fraction of sp³-hybridized carbons (Fsp3) is 0.261. The zero-order chi connectivity index (χ0) is 20.5. The van der Waals surface area contributed by atoms with E-state index in [4.69, 9.17) is 11.5 Å². The van der Waals surface area contributed by atoms with Crippen molar-refractivity contribution in [1.82, 2.24) is 5.32 Å². The minimum Gasteiger partial charge on any atom is -0.386 e. The van der Waals surface area contributed by atoms with E-state index >= 15 is 0 Å². The van der Waals surface area contributed by atoms with Crippen LogP contribution in [0.25, 0.3) is 22.8 Å². The number of nitrogens with one attached hydrogen (secondary N) is 2. The topological polar surface area (TPSA) is 93.2 Å². The van der Waals surface area contributed by atoms with Crippen LogP contribution in [-0.4, -0.2) is 19.0 Å². The van der Waals surface area contributed by atoms with Gasteiger partial charge in [0.2, 0.25) is 5.91 Å². The summed E-state index contributed by atoms with van der Waals surface area (Å²) in [5.41, 5.74) is 17.0. The van der Waals surface area contributed by atoms with Gasteiger partial charge in [0.15, 0.2) is 0 Å². The number of nitrogens with two attached hydrogens (primary N) is 2. The smallest absolute Gasteiger partial charge is 0.228 e. The van der Waals surface area contributed by atoms with E-state index in [2.05, 4.69) is 16.7 Å². The molecular formula is C23H25FN4O. The number of rotatable bonds is 5. The van der Waals surface area contributed by atoms with Crippen LogP contribution in [0, 0.1) is 18.7 Å². The van der Waals surface area contributed by atoms with Crippen molar-refractivity contribution in [3.8, 4) is 11.1 Å². The van der Waals surface area contributed by atoms with Crippen LogP contribution in [0.2, 0.25) is 0 Å². The van der Waals surface area contributed by atoms with Gasteiger partial charge in [-0.1, -0.05) is 18.2 Å². The summed E-state index contributed by atoms with van der Waals surface area (Å²) in [4.78, 5) is 12.8. The van der Waals surface area contributed by atoms with Crippen LogP contribution in [0.3, 0.4) is 0 Å². The van der Waals surface area contributed by atoms with Gasteiger partial charge in [0.1, 0.15) is 5.82 Å². The normalized spacial score (nSPS) is 17.6. The summed E-state index contributed by atoms with van der Waals surface area (Å²) in [6.07, 6.45) is 5.39. The highest BCUT2D eigenvalue weighted by molar-refractivity contribution is 5.99. The standard InChI is InChI=1S/C23H25FN4O/c1-13-3-2-4-19(24)22(13)16-9-17(14-5-6-14)18(11-21(25)26)20(10-16)28-23(29)15-7-8-27-12-15/h2-5,9-11,15,27H,6-8,12,25-26H2,1H3,(H,28,29). The number of aryl methyl sites for hydroxylation is 1. The lowest BCUT2D eigenvalue weighted by Crippen LogP contribution is -2.25. The first-order chi connectivity index (χ1) is 13.9. The lowest BCUT2D eigenvalue weighted by Gasteiger charge is -2.18. The molecule has 0 bridgehead atoms.